The molecule has 1 aromatic carbocycles. The molecule has 1 aliphatic carbocycles. The van der Waals surface area contributed by atoms with E-state index in [4.69, 9.17) is 4.74 Å². The van der Waals surface area contributed by atoms with Crippen LogP contribution in [-0.4, -0.2) is 44.0 Å². The van der Waals surface area contributed by atoms with Gasteiger partial charge in [-0.3, -0.25) is 9.36 Å². The van der Waals surface area contributed by atoms with Gasteiger partial charge in [-0.25, -0.2) is 4.98 Å². The molecule has 0 spiro atoms. The van der Waals surface area contributed by atoms with Crippen LogP contribution in [0.25, 0.3) is 5.69 Å². The number of amides is 1. The fraction of sp³-hybridized carbons (Fsp3) is 0.300. The van der Waals surface area contributed by atoms with Gasteiger partial charge in [0.05, 0.1) is 19.3 Å². The lowest BCUT2D eigenvalue weighted by molar-refractivity contribution is 0.0234. The highest BCUT2D eigenvalue weighted by atomic mass is 16.5. The first-order chi connectivity index (χ1) is 13.6. The second-order valence-corrected chi connectivity index (χ2v) is 6.89. The SMILES string of the molecule is COc1ccc([C@H](NC(=O)c2cccc(-n3cnnc3)c2)C2CC(O)C2)cn1. The second kappa shape index (κ2) is 7.77. The molecule has 8 nitrogen and oxygen atoms in total. The van der Waals surface area contributed by atoms with Gasteiger partial charge in [0, 0.05) is 23.5 Å². The number of nitrogens with one attached hydrogen (secondary N) is 1. The Morgan fingerprint density at radius 2 is 2.04 bits per heavy atom. The zero-order valence-electron chi connectivity index (χ0n) is 15.4. The molecule has 144 valence electrons. The zero-order chi connectivity index (χ0) is 19.5. The first-order valence-corrected chi connectivity index (χ1v) is 9.08. The van der Waals surface area contributed by atoms with Crippen LogP contribution in [0.15, 0.2) is 55.2 Å². The maximum atomic E-state index is 12.9. The Labute approximate surface area is 162 Å². The lowest BCUT2D eigenvalue weighted by Crippen LogP contribution is -2.41. The summed E-state index contributed by atoms with van der Waals surface area (Å²) in [7, 11) is 1.56. The summed E-state index contributed by atoms with van der Waals surface area (Å²) in [6.45, 7) is 0. The van der Waals surface area contributed by atoms with E-state index in [0.29, 0.717) is 24.3 Å². The molecule has 2 aromatic heterocycles. The number of aliphatic hydroxyl groups is 1. The van der Waals surface area contributed by atoms with Gasteiger partial charge in [-0.2, -0.15) is 0 Å². The molecule has 0 saturated heterocycles. The standard InChI is InChI=1S/C20H21N5O3/c1-28-18-6-5-14(10-21-18)19(15-8-17(26)9-15)24-20(27)13-3-2-4-16(7-13)25-11-22-23-12-25/h2-7,10-12,15,17,19,26H,8-9H2,1H3,(H,24,27)/t15?,17?,19-/m0/s1. The number of carbonyl (C=O) groups excluding carboxylic acids is 1. The number of methoxy groups -OCH3 is 1. The van der Waals surface area contributed by atoms with Crippen molar-refractivity contribution in [1.29, 1.82) is 0 Å². The van der Waals surface area contributed by atoms with Crippen LogP contribution >= 0.6 is 0 Å². The average Bonchev–Trinajstić information content (AvgIpc) is 3.25. The molecule has 1 amide bonds. The predicted octanol–water partition coefficient (Wildman–Crippen LogP) is 1.91. The van der Waals surface area contributed by atoms with Crippen LogP contribution in [-0.2, 0) is 0 Å². The van der Waals surface area contributed by atoms with Gasteiger partial charge in [-0.1, -0.05) is 12.1 Å². The minimum Gasteiger partial charge on any atom is -0.481 e. The average molecular weight is 379 g/mol. The molecule has 2 N–H and O–H groups in total. The summed E-state index contributed by atoms with van der Waals surface area (Å²) in [5.74, 6) is 0.497. The molecule has 4 rings (SSSR count). The monoisotopic (exact) mass is 379 g/mol. The summed E-state index contributed by atoms with van der Waals surface area (Å²) in [6.07, 6.45) is 5.86. The van der Waals surface area contributed by atoms with Gasteiger partial charge in [0.15, 0.2) is 0 Å². The van der Waals surface area contributed by atoms with Crippen LogP contribution in [0.2, 0.25) is 0 Å². The molecular formula is C20H21N5O3. The summed E-state index contributed by atoms with van der Waals surface area (Å²) < 4.78 is 6.85. The number of pyridine rings is 1. The molecule has 1 fully saturated rings. The molecule has 28 heavy (non-hydrogen) atoms. The molecular weight excluding hydrogens is 358 g/mol. The Hall–Kier alpha value is -3.26. The van der Waals surface area contributed by atoms with Crippen LogP contribution in [0.5, 0.6) is 5.88 Å². The maximum absolute atomic E-state index is 12.9. The van der Waals surface area contributed by atoms with E-state index in [2.05, 4.69) is 20.5 Å². The van der Waals surface area contributed by atoms with Crippen molar-refractivity contribution in [1.82, 2.24) is 25.1 Å². The van der Waals surface area contributed by atoms with Gasteiger partial charge >= 0.3 is 0 Å². The molecule has 2 heterocycles. The normalized spacial score (nSPS) is 19.5. The van der Waals surface area contributed by atoms with Gasteiger partial charge in [-0.15, -0.1) is 10.2 Å². The topological polar surface area (TPSA) is 102 Å². The number of rotatable bonds is 6. The zero-order valence-corrected chi connectivity index (χ0v) is 15.4. The Kier molecular flexibility index (Phi) is 5.03. The van der Waals surface area contributed by atoms with Gasteiger partial charge < -0.3 is 15.2 Å². The number of aliphatic hydroxyl groups excluding tert-OH is 1. The molecule has 1 atom stereocenters. The van der Waals surface area contributed by atoms with E-state index in [9.17, 15) is 9.90 Å². The van der Waals surface area contributed by atoms with Crippen LogP contribution in [0.1, 0.15) is 34.8 Å². The molecule has 0 unspecified atom stereocenters. The van der Waals surface area contributed by atoms with E-state index < -0.39 is 0 Å². The first kappa shape index (κ1) is 18.1. The Balaban J connectivity index is 1.56. The van der Waals surface area contributed by atoms with Crippen molar-refractivity contribution in [2.45, 2.75) is 25.0 Å². The lowest BCUT2D eigenvalue weighted by Gasteiger charge is -2.38. The second-order valence-electron chi connectivity index (χ2n) is 6.89. The number of ether oxygens (including phenoxy) is 1. The molecule has 0 radical (unpaired) electrons. The highest BCUT2D eigenvalue weighted by Crippen LogP contribution is 2.38. The molecule has 8 heteroatoms. The van der Waals surface area contributed by atoms with E-state index in [1.807, 2.05) is 18.2 Å². The molecule has 0 aliphatic heterocycles. The Morgan fingerprint density at radius 1 is 1.25 bits per heavy atom. The van der Waals surface area contributed by atoms with Crippen LogP contribution in [0.3, 0.4) is 0 Å². The van der Waals surface area contributed by atoms with Crippen LogP contribution in [0.4, 0.5) is 0 Å². The number of hydrogen-bond acceptors (Lipinski definition) is 6. The third-order valence-corrected chi connectivity index (χ3v) is 5.06. The number of nitrogens with zero attached hydrogens (tertiary/aromatic N) is 4. The summed E-state index contributed by atoms with van der Waals surface area (Å²) in [5, 5.41) is 20.4. The van der Waals surface area contributed by atoms with Crippen molar-refractivity contribution in [3.63, 3.8) is 0 Å². The highest BCUT2D eigenvalue weighted by Gasteiger charge is 2.36. The molecule has 0 bridgehead atoms. The van der Waals surface area contributed by atoms with Crippen LogP contribution < -0.4 is 10.1 Å². The quantitative estimate of drug-likeness (QED) is 0.678. The number of hydrogen-bond donors (Lipinski definition) is 2. The number of benzene rings is 1. The van der Waals surface area contributed by atoms with Crippen LogP contribution in [0, 0.1) is 5.92 Å². The summed E-state index contributed by atoms with van der Waals surface area (Å²) in [6, 6.07) is 10.7. The first-order valence-electron chi connectivity index (χ1n) is 9.08. The minimum atomic E-state index is -0.312. The fourth-order valence-corrected chi connectivity index (χ4v) is 3.44. The fourth-order valence-electron chi connectivity index (χ4n) is 3.44. The summed E-state index contributed by atoms with van der Waals surface area (Å²) in [5.41, 5.74) is 2.23. The molecule has 1 aliphatic rings. The van der Waals surface area contributed by atoms with Crippen molar-refractivity contribution >= 4 is 5.91 Å². The maximum Gasteiger partial charge on any atom is 0.251 e. The molecule has 3 aromatic rings. The third-order valence-electron chi connectivity index (χ3n) is 5.06. The smallest absolute Gasteiger partial charge is 0.251 e. The minimum absolute atomic E-state index is 0.162. The van der Waals surface area contributed by atoms with Gasteiger partial charge in [0.1, 0.15) is 12.7 Å². The lowest BCUT2D eigenvalue weighted by atomic mass is 9.75. The van der Waals surface area contributed by atoms with E-state index in [1.165, 1.54) is 0 Å². The predicted molar refractivity (Wildman–Crippen MR) is 101 cm³/mol. The van der Waals surface area contributed by atoms with Gasteiger partial charge in [-0.05, 0) is 42.5 Å². The van der Waals surface area contributed by atoms with E-state index in [1.54, 1.807) is 48.7 Å². The van der Waals surface area contributed by atoms with Crippen molar-refractivity contribution in [3.05, 3.63) is 66.4 Å². The summed E-state index contributed by atoms with van der Waals surface area (Å²) in [4.78, 5) is 17.2. The van der Waals surface area contributed by atoms with E-state index in [-0.39, 0.29) is 24.0 Å². The number of carbonyl (C=O) groups is 1. The van der Waals surface area contributed by atoms with Crippen molar-refractivity contribution in [2.24, 2.45) is 5.92 Å². The largest absolute Gasteiger partial charge is 0.481 e. The van der Waals surface area contributed by atoms with Crippen molar-refractivity contribution < 1.29 is 14.6 Å². The molecule has 1 saturated carbocycles. The Morgan fingerprint density at radius 3 is 2.68 bits per heavy atom. The Bertz CT molecular complexity index is 937. The summed E-state index contributed by atoms with van der Waals surface area (Å²) >= 11 is 0. The highest BCUT2D eigenvalue weighted by molar-refractivity contribution is 5.95. The number of aromatic nitrogens is 4. The third kappa shape index (κ3) is 3.72. The van der Waals surface area contributed by atoms with Gasteiger partial charge in [0.25, 0.3) is 5.91 Å². The van der Waals surface area contributed by atoms with E-state index >= 15 is 0 Å². The van der Waals surface area contributed by atoms with Gasteiger partial charge in [0.2, 0.25) is 5.88 Å². The van der Waals surface area contributed by atoms with Crippen molar-refractivity contribution in [2.75, 3.05) is 7.11 Å². The van der Waals surface area contributed by atoms with Crippen molar-refractivity contribution in [3.8, 4) is 11.6 Å². The van der Waals surface area contributed by atoms with E-state index in [0.717, 1.165) is 11.3 Å².